The zero-order chi connectivity index (χ0) is 15.2. The van der Waals surface area contributed by atoms with Crippen LogP contribution in [0.5, 0.6) is 0 Å². The van der Waals surface area contributed by atoms with Gasteiger partial charge in [-0.15, -0.1) is 18.2 Å². The van der Waals surface area contributed by atoms with Crippen LogP contribution in [0.4, 0.5) is 0 Å². The van der Waals surface area contributed by atoms with Crippen molar-refractivity contribution in [2.24, 2.45) is 0 Å². The fourth-order valence-electron chi connectivity index (χ4n) is 1.92. The molecule has 0 amide bonds. The van der Waals surface area contributed by atoms with Crippen molar-refractivity contribution in [1.29, 1.82) is 0 Å². The molecule has 0 N–H and O–H groups in total. The van der Waals surface area contributed by atoms with Gasteiger partial charge in [-0.25, -0.2) is 4.98 Å². The van der Waals surface area contributed by atoms with E-state index in [1.807, 2.05) is 30.3 Å². The highest BCUT2D eigenvalue weighted by molar-refractivity contribution is 7.98. The predicted molar refractivity (Wildman–Crippen MR) is 88.8 cm³/mol. The molecule has 1 aromatic heterocycles. The SMILES string of the molecule is C#CCSCc1nc(Cl)c(C)n(Cc2ccccc2)c1=O. The molecule has 0 atom stereocenters. The number of nitrogens with zero attached hydrogens (tertiary/aromatic N) is 2. The zero-order valence-electron chi connectivity index (χ0n) is 11.7. The zero-order valence-corrected chi connectivity index (χ0v) is 13.2. The molecule has 21 heavy (non-hydrogen) atoms. The minimum atomic E-state index is -0.106. The van der Waals surface area contributed by atoms with Crippen LogP contribution in [0.15, 0.2) is 35.1 Å². The molecule has 0 fully saturated rings. The lowest BCUT2D eigenvalue weighted by molar-refractivity contribution is 0.707. The molecule has 0 aliphatic carbocycles. The first kappa shape index (κ1) is 15.7. The van der Waals surface area contributed by atoms with Gasteiger partial charge in [0.1, 0.15) is 10.8 Å². The Balaban J connectivity index is 2.36. The highest BCUT2D eigenvalue weighted by Gasteiger charge is 2.12. The number of hydrogen-bond acceptors (Lipinski definition) is 3. The van der Waals surface area contributed by atoms with E-state index in [9.17, 15) is 4.79 Å². The summed E-state index contributed by atoms with van der Waals surface area (Å²) in [6, 6.07) is 9.80. The number of aromatic nitrogens is 2. The van der Waals surface area contributed by atoms with E-state index < -0.39 is 0 Å². The Morgan fingerprint density at radius 1 is 1.38 bits per heavy atom. The van der Waals surface area contributed by atoms with Gasteiger partial charge in [0, 0.05) is 5.75 Å². The summed E-state index contributed by atoms with van der Waals surface area (Å²) in [5.41, 5.74) is 2.07. The molecule has 1 aromatic carbocycles. The molecule has 0 spiro atoms. The van der Waals surface area contributed by atoms with E-state index in [1.54, 1.807) is 11.5 Å². The van der Waals surface area contributed by atoms with Crippen LogP contribution in [0.2, 0.25) is 5.15 Å². The lowest BCUT2D eigenvalue weighted by atomic mass is 10.2. The van der Waals surface area contributed by atoms with E-state index in [0.717, 1.165) is 5.56 Å². The molecule has 0 aliphatic heterocycles. The first-order chi connectivity index (χ1) is 10.1. The second-order valence-corrected chi connectivity index (χ2v) is 5.85. The molecule has 0 radical (unpaired) electrons. The van der Waals surface area contributed by atoms with Gasteiger partial charge < -0.3 is 4.57 Å². The van der Waals surface area contributed by atoms with Crippen LogP contribution >= 0.6 is 23.4 Å². The lowest BCUT2D eigenvalue weighted by Crippen LogP contribution is -2.27. The summed E-state index contributed by atoms with van der Waals surface area (Å²) < 4.78 is 1.66. The Kier molecular flexibility index (Phi) is 5.49. The highest BCUT2D eigenvalue weighted by Crippen LogP contribution is 2.15. The van der Waals surface area contributed by atoms with Gasteiger partial charge in [-0.3, -0.25) is 4.79 Å². The van der Waals surface area contributed by atoms with Gasteiger partial charge >= 0.3 is 0 Å². The highest BCUT2D eigenvalue weighted by atomic mass is 35.5. The molecule has 0 saturated heterocycles. The molecular weight excluding hydrogens is 304 g/mol. The second kappa shape index (κ2) is 7.35. The van der Waals surface area contributed by atoms with E-state index in [2.05, 4.69) is 10.9 Å². The predicted octanol–water partition coefficient (Wildman–Crippen LogP) is 3.12. The summed E-state index contributed by atoms with van der Waals surface area (Å²) in [7, 11) is 0. The monoisotopic (exact) mass is 318 g/mol. The average Bonchev–Trinajstić information content (AvgIpc) is 2.50. The smallest absolute Gasteiger partial charge is 0.273 e. The van der Waals surface area contributed by atoms with Gasteiger partial charge in [0.15, 0.2) is 0 Å². The topological polar surface area (TPSA) is 34.9 Å². The van der Waals surface area contributed by atoms with Crippen LogP contribution in [0.3, 0.4) is 0 Å². The van der Waals surface area contributed by atoms with Crippen molar-refractivity contribution < 1.29 is 0 Å². The van der Waals surface area contributed by atoms with E-state index >= 15 is 0 Å². The van der Waals surface area contributed by atoms with Crippen molar-refractivity contribution in [3.8, 4) is 12.3 Å². The molecule has 0 unspecified atom stereocenters. The number of thioether (sulfide) groups is 1. The standard InChI is InChI=1S/C16H15ClN2OS/c1-3-9-21-11-14-16(20)19(12(2)15(17)18-14)10-13-7-5-4-6-8-13/h1,4-8H,9-11H2,2H3. The third kappa shape index (κ3) is 3.90. The fraction of sp³-hybridized carbons (Fsp3) is 0.250. The van der Waals surface area contributed by atoms with E-state index in [-0.39, 0.29) is 5.56 Å². The van der Waals surface area contributed by atoms with Crippen molar-refractivity contribution in [2.45, 2.75) is 19.2 Å². The summed E-state index contributed by atoms with van der Waals surface area (Å²) in [6.07, 6.45) is 5.22. The van der Waals surface area contributed by atoms with Gasteiger partial charge in [0.2, 0.25) is 0 Å². The largest absolute Gasteiger partial charge is 0.304 e. The van der Waals surface area contributed by atoms with Gasteiger partial charge in [-0.1, -0.05) is 47.9 Å². The van der Waals surface area contributed by atoms with Crippen LogP contribution in [0.25, 0.3) is 0 Å². The number of rotatable bonds is 5. The first-order valence-corrected chi connectivity index (χ1v) is 7.97. The maximum absolute atomic E-state index is 12.5. The molecule has 2 aromatic rings. The maximum Gasteiger partial charge on any atom is 0.273 e. The summed E-state index contributed by atoms with van der Waals surface area (Å²) in [5, 5.41) is 0.363. The Bertz CT molecular complexity index is 720. The van der Waals surface area contributed by atoms with Crippen molar-refractivity contribution in [3.63, 3.8) is 0 Å². The van der Waals surface area contributed by atoms with Crippen molar-refractivity contribution >= 4 is 23.4 Å². The molecule has 1 heterocycles. The van der Waals surface area contributed by atoms with E-state index in [0.29, 0.717) is 34.6 Å². The van der Waals surface area contributed by atoms with Crippen LogP contribution < -0.4 is 5.56 Å². The molecule has 2 rings (SSSR count). The minimum Gasteiger partial charge on any atom is -0.304 e. The van der Waals surface area contributed by atoms with Crippen LogP contribution in [0.1, 0.15) is 17.0 Å². The Hall–Kier alpha value is -1.70. The Labute approximate surface area is 133 Å². The van der Waals surface area contributed by atoms with Gasteiger partial charge in [-0.05, 0) is 12.5 Å². The molecule has 0 aliphatic rings. The Morgan fingerprint density at radius 2 is 2.10 bits per heavy atom. The number of halogens is 1. The fourth-order valence-corrected chi connectivity index (χ4v) is 2.73. The third-order valence-corrected chi connectivity index (χ3v) is 4.24. The van der Waals surface area contributed by atoms with Crippen molar-refractivity contribution in [3.05, 3.63) is 62.8 Å². The minimum absolute atomic E-state index is 0.106. The number of benzene rings is 1. The molecular formula is C16H15ClN2OS. The van der Waals surface area contributed by atoms with Gasteiger partial charge in [-0.2, -0.15) is 0 Å². The molecule has 0 bridgehead atoms. The number of hydrogen-bond donors (Lipinski definition) is 0. The van der Waals surface area contributed by atoms with E-state index in [4.69, 9.17) is 18.0 Å². The molecule has 5 heteroatoms. The second-order valence-electron chi connectivity index (χ2n) is 4.51. The Morgan fingerprint density at radius 3 is 2.76 bits per heavy atom. The number of terminal acetylenes is 1. The molecule has 0 saturated carbocycles. The third-order valence-electron chi connectivity index (χ3n) is 3.04. The average molecular weight is 319 g/mol. The lowest BCUT2D eigenvalue weighted by Gasteiger charge is -2.13. The van der Waals surface area contributed by atoms with Crippen LogP contribution in [0, 0.1) is 19.3 Å². The summed E-state index contributed by atoms with van der Waals surface area (Å²) in [4.78, 5) is 16.7. The molecule has 3 nitrogen and oxygen atoms in total. The quantitative estimate of drug-likeness (QED) is 0.627. The maximum atomic E-state index is 12.5. The van der Waals surface area contributed by atoms with Crippen molar-refractivity contribution in [2.75, 3.05) is 5.75 Å². The van der Waals surface area contributed by atoms with Crippen molar-refractivity contribution in [1.82, 2.24) is 9.55 Å². The van der Waals surface area contributed by atoms with Crippen LogP contribution in [-0.2, 0) is 12.3 Å². The van der Waals surface area contributed by atoms with Gasteiger partial charge in [0.25, 0.3) is 5.56 Å². The first-order valence-electron chi connectivity index (χ1n) is 6.44. The molecule has 108 valence electrons. The summed E-state index contributed by atoms with van der Waals surface area (Å²) in [6.45, 7) is 2.29. The van der Waals surface area contributed by atoms with Gasteiger partial charge in [0.05, 0.1) is 18.0 Å². The normalized spacial score (nSPS) is 10.3. The summed E-state index contributed by atoms with van der Waals surface area (Å²) >= 11 is 7.63. The van der Waals surface area contributed by atoms with Crippen LogP contribution in [-0.4, -0.2) is 15.3 Å². The van der Waals surface area contributed by atoms with E-state index in [1.165, 1.54) is 11.8 Å². The summed E-state index contributed by atoms with van der Waals surface area (Å²) in [5.74, 6) is 3.55.